The van der Waals surface area contributed by atoms with E-state index < -0.39 is 0 Å². The summed E-state index contributed by atoms with van der Waals surface area (Å²) in [5.41, 5.74) is 2.79. The van der Waals surface area contributed by atoms with Gasteiger partial charge >= 0.3 is 0 Å². The molecule has 1 aromatic carbocycles. The molecule has 2 heteroatoms. The number of nitrogens with one attached hydrogen (secondary N) is 1. The van der Waals surface area contributed by atoms with E-state index in [0.717, 1.165) is 24.8 Å². The molecule has 0 bridgehead atoms. The summed E-state index contributed by atoms with van der Waals surface area (Å²) in [6.45, 7) is 4.31. The van der Waals surface area contributed by atoms with Crippen molar-refractivity contribution in [3.63, 3.8) is 0 Å². The highest BCUT2D eigenvalue weighted by Gasteiger charge is 2.22. The van der Waals surface area contributed by atoms with Crippen molar-refractivity contribution >= 4 is 0 Å². The first-order valence-electron chi connectivity index (χ1n) is 6.81. The predicted molar refractivity (Wildman–Crippen MR) is 69.0 cm³/mol. The van der Waals surface area contributed by atoms with Crippen molar-refractivity contribution in [1.82, 2.24) is 5.32 Å². The minimum absolute atomic E-state index is 0.443. The van der Waals surface area contributed by atoms with E-state index in [2.05, 4.69) is 30.4 Å². The highest BCUT2D eigenvalue weighted by Crippen LogP contribution is 2.31. The largest absolute Gasteiger partial charge is 0.490 e. The van der Waals surface area contributed by atoms with Gasteiger partial charge in [0.25, 0.3) is 0 Å². The first kappa shape index (κ1) is 11.1. The fourth-order valence-electron chi connectivity index (χ4n) is 2.94. The Morgan fingerprint density at radius 1 is 1.12 bits per heavy atom. The average molecular weight is 231 g/mol. The first-order valence-corrected chi connectivity index (χ1v) is 6.81. The van der Waals surface area contributed by atoms with E-state index >= 15 is 0 Å². The molecule has 0 unspecified atom stereocenters. The molecule has 2 aliphatic rings. The molecule has 1 aliphatic carbocycles. The number of ether oxygens (including phenoxy) is 1. The molecular weight excluding hydrogens is 210 g/mol. The average Bonchev–Trinajstić information content (AvgIpc) is 2.81. The number of hydrogen-bond acceptors (Lipinski definition) is 2. The van der Waals surface area contributed by atoms with E-state index in [1.165, 1.54) is 36.8 Å². The molecule has 1 N–H and O–H groups in total. The maximum atomic E-state index is 6.21. The summed E-state index contributed by atoms with van der Waals surface area (Å²) in [6.07, 6.45) is 5.52. The molecule has 3 rings (SSSR count). The van der Waals surface area contributed by atoms with Crippen molar-refractivity contribution in [2.24, 2.45) is 5.92 Å². The molecular formula is C15H21NO. The lowest BCUT2D eigenvalue weighted by Crippen LogP contribution is -2.23. The van der Waals surface area contributed by atoms with Crippen LogP contribution in [0.1, 0.15) is 43.7 Å². The summed E-state index contributed by atoms with van der Waals surface area (Å²) in [5.74, 6) is 2.00. The molecule has 0 aromatic heterocycles. The molecule has 1 saturated carbocycles. The van der Waals surface area contributed by atoms with Crippen molar-refractivity contribution in [3.8, 4) is 5.75 Å². The third-order valence-electron chi connectivity index (χ3n) is 4.10. The Labute approximate surface area is 103 Å². The Bertz CT molecular complexity index is 394. The monoisotopic (exact) mass is 231 g/mol. The van der Waals surface area contributed by atoms with Gasteiger partial charge in [0.15, 0.2) is 0 Å². The van der Waals surface area contributed by atoms with Gasteiger partial charge in [-0.2, -0.15) is 0 Å². The summed E-state index contributed by atoms with van der Waals surface area (Å²) in [6, 6.07) is 6.45. The van der Waals surface area contributed by atoms with Crippen LogP contribution >= 0.6 is 0 Å². The zero-order valence-electron chi connectivity index (χ0n) is 10.5. The minimum atomic E-state index is 0.443. The Hall–Kier alpha value is -1.02. The van der Waals surface area contributed by atoms with Crippen molar-refractivity contribution in [2.75, 3.05) is 0 Å². The van der Waals surface area contributed by atoms with Gasteiger partial charge < -0.3 is 10.1 Å². The predicted octanol–water partition coefficient (Wildman–Crippen LogP) is 3.25. The van der Waals surface area contributed by atoms with E-state index in [0.29, 0.717) is 6.10 Å². The van der Waals surface area contributed by atoms with Crippen LogP contribution in [0.4, 0.5) is 0 Å². The van der Waals surface area contributed by atoms with Crippen molar-refractivity contribution in [2.45, 2.75) is 51.8 Å². The molecule has 0 spiro atoms. The van der Waals surface area contributed by atoms with Gasteiger partial charge in [0.1, 0.15) is 5.75 Å². The van der Waals surface area contributed by atoms with Crippen molar-refractivity contribution < 1.29 is 4.74 Å². The maximum absolute atomic E-state index is 6.21. The first-order chi connectivity index (χ1) is 8.33. The van der Waals surface area contributed by atoms with Gasteiger partial charge in [-0.15, -0.1) is 0 Å². The highest BCUT2D eigenvalue weighted by atomic mass is 16.5. The van der Waals surface area contributed by atoms with Crippen LogP contribution in [0.5, 0.6) is 5.75 Å². The van der Waals surface area contributed by atoms with Gasteiger partial charge in [-0.25, -0.2) is 0 Å². The van der Waals surface area contributed by atoms with E-state index in [1.807, 2.05) is 0 Å². The van der Waals surface area contributed by atoms with Crippen LogP contribution in [0.2, 0.25) is 0 Å². The van der Waals surface area contributed by atoms with Crippen LogP contribution in [0, 0.1) is 5.92 Å². The molecule has 0 amide bonds. The quantitative estimate of drug-likeness (QED) is 0.843. The topological polar surface area (TPSA) is 21.3 Å². The molecule has 1 aromatic rings. The molecule has 0 radical (unpaired) electrons. The zero-order valence-corrected chi connectivity index (χ0v) is 10.5. The molecule has 92 valence electrons. The molecule has 17 heavy (non-hydrogen) atoms. The normalized spacial score (nSPS) is 27.8. The summed E-state index contributed by atoms with van der Waals surface area (Å²) in [5, 5.41) is 3.39. The number of benzene rings is 1. The van der Waals surface area contributed by atoms with Crippen LogP contribution in [0.15, 0.2) is 18.2 Å². The van der Waals surface area contributed by atoms with Gasteiger partial charge in [-0.05, 0) is 43.2 Å². The SMILES string of the molecule is CC1CCC(Oc2cccc3c2CNC3)CC1. The van der Waals surface area contributed by atoms with Crippen LogP contribution in [0.3, 0.4) is 0 Å². The van der Waals surface area contributed by atoms with E-state index in [-0.39, 0.29) is 0 Å². The van der Waals surface area contributed by atoms with Crippen LogP contribution in [0.25, 0.3) is 0 Å². The second kappa shape index (κ2) is 4.69. The lowest BCUT2D eigenvalue weighted by Gasteiger charge is -2.27. The lowest BCUT2D eigenvalue weighted by molar-refractivity contribution is 0.134. The zero-order chi connectivity index (χ0) is 11.7. The summed E-state index contributed by atoms with van der Waals surface area (Å²) >= 11 is 0. The number of rotatable bonds is 2. The Kier molecular flexibility index (Phi) is 3.06. The fourth-order valence-corrected chi connectivity index (χ4v) is 2.94. The van der Waals surface area contributed by atoms with E-state index in [1.54, 1.807) is 0 Å². The second-order valence-electron chi connectivity index (χ2n) is 5.50. The van der Waals surface area contributed by atoms with E-state index in [9.17, 15) is 0 Å². The molecule has 1 aliphatic heterocycles. The number of hydrogen-bond donors (Lipinski definition) is 1. The minimum Gasteiger partial charge on any atom is -0.490 e. The van der Waals surface area contributed by atoms with E-state index in [4.69, 9.17) is 4.74 Å². The summed E-state index contributed by atoms with van der Waals surface area (Å²) < 4.78 is 6.21. The Balaban J connectivity index is 1.71. The van der Waals surface area contributed by atoms with Crippen molar-refractivity contribution in [1.29, 1.82) is 0 Å². The van der Waals surface area contributed by atoms with Gasteiger partial charge in [0.05, 0.1) is 6.10 Å². The molecule has 1 fully saturated rings. The summed E-state index contributed by atoms with van der Waals surface area (Å²) in [4.78, 5) is 0. The summed E-state index contributed by atoms with van der Waals surface area (Å²) in [7, 11) is 0. The standard InChI is InChI=1S/C15H21NO/c1-11-5-7-13(8-6-11)17-15-4-2-3-12-9-16-10-14(12)15/h2-4,11,13,16H,5-10H2,1H3. The molecule has 1 heterocycles. The van der Waals surface area contributed by atoms with Crippen molar-refractivity contribution in [3.05, 3.63) is 29.3 Å². The maximum Gasteiger partial charge on any atom is 0.124 e. The molecule has 0 atom stereocenters. The number of fused-ring (bicyclic) bond motifs is 1. The smallest absolute Gasteiger partial charge is 0.124 e. The van der Waals surface area contributed by atoms with Gasteiger partial charge in [-0.3, -0.25) is 0 Å². The van der Waals surface area contributed by atoms with Gasteiger partial charge in [0, 0.05) is 18.7 Å². The van der Waals surface area contributed by atoms with Crippen LogP contribution in [-0.4, -0.2) is 6.10 Å². The second-order valence-corrected chi connectivity index (χ2v) is 5.50. The van der Waals surface area contributed by atoms with Crippen LogP contribution < -0.4 is 10.1 Å². The Morgan fingerprint density at radius 3 is 2.76 bits per heavy atom. The third kappa shape index (κ3) is 2.32. The molecule has 2 nitrogen and oxygen atoms in total. The molecule has 0 saturated heterocycles. The Morgan fingerprint density at radius 2 is 1.94 bits per heavy atom. The third-order valence-corrected chi connectivity index (χ3v) is 4.10. The van der Waals surface area contributed by atoms with Gasteiger partial charge in [-0.1, -0.05) is 19.1 Å². The lowest BCUT2D eigenvalue weighted by atomic mass is 9.89. The van der Waals surface area contributed by atoms with Gasteiger partial charge in [0.2, 0.25) is 0 Å². The fraction of sp³-hybridized carbons (Fsp3) is 0.600. The van der Waals surface area contributed by atoms with Crippen LogP contribution in [-0.2, 0) is 13.1 Å². The highest BCUT2D eigenvalue weighted by molar-refractivity contribution is 5.42.